The van der Waals surface area contributed by atoms with Crippen molar-refractivity contribution in [3.8, 4) is 40.2 Å². The Labute approximate surface area is 478 Å². The Morgan fingerprint density at radius 2 is 1.68 bits per heavy atom. The van der Waals surface area contributed by atoms with Crippen molar-refractivity contribution in [2.24, 2.45) is 5.73 Å². The van der Waals surface area contributed by atoms with Crippen molar-refractivity contribution in [1.29, 1.82) is 0 Å². The third-order valence-electron chi connectivity index (χ3n) is 14.7. The normalized spacial score (nSPS) is 16.6. The number of benzene rings is 3. The molecule has 4 aromatic heterocycles. The fourth-order valence-electron chi connectivity index (χ4n) is 10.4. The molecule has 10 rings (SSSR count). The summed E-state index contributed by atoms with van der Waals surface area (Å²) in [7, 11) is 0. The van der Waals surface area contributed by atoms with Gasteiger partial charge in [-0.3, -0.25) is 23.9 Å². The molecule has 1 aliphatic heterocycles. The van der Waals surface area contributed by atoms with Crippen molar-refractivity contribution in [3.63, 3.8) is 0 Å². The number of aryl methyl sites for hydroxylation is 2. The van der Waals surface area contributed by atoms with E-state index in [0.29, 0.717) is 71.6 Å². The number of hydrogen-bond donors (Lipinski definition) is 2. The number of piperidine rings is 1. The van der Waals surface area contributed by atoms with Crippen LogP contribution in [0.25, 0.3) is 39.6 Å². The Balaban J connectivity index is 0.557. The number of pyridine rings is 1. The van der Waals surface area contributed by atoms with Gasteiger partial charge >= 0.3 is 0 Å². The Morgan fingerprint density at radius 3 is 2.50 bits per heavy atom. The number of amides is 2. The average Bonchev–Trinajstić information content (AvgIpc) is 4.41. The van der Waals surface area contributed by atoms with Gasteiger partial charge in [0.1, 0.15) is 36.5 Å². The largest absolute Gasteiger partial charge is 0.487 e. The van der Waals surface area contributed by atoms with Gasteiger partial charge in [0.15, 0.2) is 5.82 Å². The van der Waals surface area contributed by atoms with E-state index in [9.17, 15) is 9.59 Å². The molecule has 3 aliphatic rings. The summed E-state index contributed by atoms with van der Waals surface area (Å²) in [5.41, 5.74) is 15.1. The first-order valence-electron chi connectivity index (χ1n) is 28.5. The zero-order valence-electron chi connectivity index (χ0n) is 46.5. The van der Waals surface area contributed by atoms with E-state index < -0.39 is 11.9 Å². The van der Waals surface area contributed by atoms with Gasteiger partial charge in [-0.15, -0.1) is 5.10 Å². The number of nitrogens with two attached hydrogens (primary N) is 1. The second-order valence-corrected chi connectivity index (χ2v) is 20.7. The zero-order chi connectivity index (χ0) is 56.3. The molecule has 1 saturated heterocycles. The summed E-state index contributed by atoms with van der Waals surface area (Å²) in [5, 5.41) is 18.4. The highest BCUT2D eigenvalue weighted by Gasteiger charge is 2.30. The smallest absolute Gasteiger partial charge is 0.247 e. The second-order valence-electron chi connectivity index (χ2n) is 20.7. The Bertz CT molecular complexity index is 3440. The van der Waals surface area contributed by atoms with Crippen LogP contribution in [-0.4, -0.2) is 128 Å². The maximum atomic E-state index is 13.3. The van der Waals surface area contributed by atoms with Crippen molar-refractivity contribution >= 4 is 34.6 Å². The fraction of sp³-hybridized carbons (Fsp3) is 0.375. The topological polar surface area (TPSA) is 209 Å². The molecular formula is C64H71N11O7. The monoisotopic (exact) mass is 1110 g/mol. The van der Waals surface area contributed by atoms with E-state index in [2.05, 4.69) is 68.9 Å². The van der Waals surface area contributed by atoms with Gasteiger partial charge in [0.05, 0.1) is 63.1 Å². The highest BCUT2D eigenvalue weighted by molar-refractivity contribution is 5.96. The number of hydrogen-bond acceptors (Lipinski definition) is 14. The van der Waals surface area contributed by atoms with Gasteiger partial charge in [-0.25, -0.2) is 9.97 Å². The molecule has 1 fully saturated rings. The van der Waals surface area contributed by atoms with E-state index in [4.69, 9.17) is 44.5 Å². The van der Waals surface area contributed by atoms with Crippen LogP contribution in [0.5, 0.6) is 5.75 Å². The van der Waals surface area contributed by atoms with E-state index in [1.165, 1.54) is 17.2 Å². The molecule has 0 radical (unpaired) electrons. The quantitative estimate of drug-likeness (QED) is 0.0280. The van der Waals surface area contributed by atoms with Crippen LogP contribution in [0.1, 0.15) is 84.5 Å². The molecule has 2 amide bonds. The third kappa shape index (κ3) is 15.6. The number of anilines is 1. The van der Waals surface area contributed by atoms with E-state index in [0.717, 1.165) is 120 Å². The number of carbonyl (C=O) groups excluding carboxylic acids is 2. The SMILES string of the molecule is Cc1cc(-c2nn(C3C=CC=CC3)cc2/C=C/C(=O)N2CCCCC2C(N)=O)ccc1OCc1cn(CCCCCOCCOCCOCCOCC#Cc2ccc3c(c2)CC(Nc2nc(-c4cccnc4)nc4ccccc24)C3)nn1. The molecule has 0 bridgehead atoms. The van der Waals surface area contributed by atoms with Gasteiger partial charge in [0.25, 0.3) is 0 Å². The van der Waals surface area contributed by atoms with Crippen molar-refractivity contribution < 1.29 is 33.3 Å². The van der Waals surface area contributed by atoms with Crippen molar-refractivity contribution in [1.82, 2.24) is 44.6 Å². The van der Waals surface area contributed by atoms with Crippen LogP contribution < -0.4 is 15.8 Å². The van der Waals surface area contributed by atoms with Gasteiger partial charge in [-0.2, -0.15) is 5.10 Å². The minimum absolute atomic E-state index is 0.0546. The zero-order valence-corrected chi connectivity index (χ0v) is 46.5. The second kappa shape index (κ2) is 28.9. The van der Waals surface area contributed by atoms with Crippen molar-refractivity contribution in [2.45, 2.75) is 96.0 Å². The Morgan fingerprint density at radius 1 is 0.841 bits per heavy atom. The Kier molecular flexibility index (Phi) is 20.0. The standard InChI is InChI=1S/C64H71N11O7/c1-46-38-49(61-51(43-75(71-61)55-16-4-2-5-17-55)24-26-60(76)74-29-10-8-20-58(74)62(65)77)23-25-59(46)82-45-54-44-73(72-70-54)28-9-3-11-30-78-32-34-80-36-37-81-35-33-79-31-13-14-47-21-22-48-40-53(41-52(48)39-47)67-64-56-18-6-7-19-57(56)68-63(69-64)50-15-12-27-66-42-50/h2,4-7,12,15-16,18-19,21-27,38-39,42-44,53,55,58H,3,8-11,17,20,28-37,40-41,45H2,1H3,(H2,65,77)(H,67,68,69)/b26-24+. The highest BCUT2D eigenvalue weighted by atomic mass is 16.6. The molecule has 82 heavy (non-hydrogen) atoms. The maximum Gasteiger partial charge on any atom is 0.247 e. The summed E-state index contributed by atoms with van der Waals surface area (Å²) in [6.45, 7) is 7.50. The van der Waals surface area contributed by atoms with Gasteiger partial charge in [-0.05, 0) is 142 Å². The maximum absolute atomic E-state index is 13.3. The molecular weight excluding hydrogens is 1030 g/mol. The summed E-state index contributed by atoms with van der Waals surface area (Å²) < 4.78 is 32.8. The van der Waals surface area contributed by atoms with E-state index in [1.807, 2.05) is 89.4 Å². The molecule has 2 aliphatic carbocycles. The third-order valence-corrected chi connectivity index (χ3v) is 14.7. The van der Waals surface area contributed by atoms with Crippen LogP contribution in [0.15, 0.2) is 128 Å². The predicted octanol–water partition coefficient (Wildman–Crippen LogP) is 8.84. The minimum atomic E-state index is -0.587. The van der Waals surface area contributed by atoms with Crippen molar-refractivity contribution in [3.05, 3.63) is 161 Å². The van der Waals surface area contributed by atoms with E-state index in [-0.39, 0.29) is 24.6 Å². The summed E-state index contributed by atoms with van der Waals surface area (Å²) in [4.78, 5) is 41.0. The molecule has 424 valence electrons. The number of likely N-dealkylation sites (tertiary alicyclic amines) is 1. The number of para-hydroxylation sites is 1. The lowest BCUT2D eigenvalue weighted by Gasteiger charge is -2.32. The van der Waals surface area contributed by atoms with Crippen LogP contribution in [0.4, 0.5) is 5.82 Å². The number of carbonyl (C=O) groups is 2. The molecule has 3 atom stereocenters. The lowest BCUT2D eigenvalue weighted by atomic mass is 10.0. The van der Waals surface area contributed by atoms with Gasteiger partial charge < -0.3 is 39.6 Å². The summed E-state index contributed by atoms with van der Waals surface area (Å²) in [6, 6.07) is 24.1. The van der Waals surface area contributed by atoms with Crippen LogP contribution in [0.3, 0.4) is 0 Å². The molecule has 7 aromatic rings. The number of nitrogens with zero attached hydrogens (tertiary/aromatic N) is 9. The van der Waals surface area contributed by atoms with Crippen LogP contribution >= 0.6 is 0 Å². The number of ether oxygens (including phenoxy) is 5. The molecule has 3 unspecified atom stereocenters. The molecule has 5 heterocycles. The van der Waals surface area contributed by atoms with E-state index in [1.54, 1.807) is 23.4 Å². The molecule has 18 heteroatoms. The van der Waals surface area contributed by atoms with Crippen LogP contribution in [0.2, 0.25) is 0 Å². The first-order valence-corrected chi connectivity index (χ1v) is 28.5. The molecule has 3 N–H and O–H groups in total. The number of primary amides is 1. The predicted molar refractivity (Wildman–Crippen MR) is 314 cm³/mol. The molecule has 0 spiro atoms. The molecule has 0 saturated carbocycles. The highest BCUT2D eigenvalue weighted by Crippen LogP contribution is 2.33. The number of rotatable bonds is 27. The summed E-state index contributed by atoms with van der Waals surface area (Å²) in [6.07, 6.45) is 26.8. The lowest BCUT2D eigenvalue weighted by molar-refractivity contribution is -0.137. The number of nitrogens with one attached hydrogen (secondary N) is 1. The minimum Gasteiger partial charge on any atom is -0.487 e. The summed E-state index contributed by atoms with van der Waals surface area (Å²) >= 11 is 0. The van der Waals surface area contributed by atoms with Gasteiger partial charge in [0, 0.05) is 78.0 Å². The first-order chi connectivity index (χ1) is 40.3. The number of unbranched alkanes of at least 4 members (excludes halogenated alkanes) is 2. The average molecular weight is 1110 g/mol. The van der Waals surface area contributed by atoms with Crippen LogP contribution in [-0.2, 0) is 54.5 Å². The fourth-order valence-corrected chi connectivity index (χ4v) is 10.4. The lowest BCUT2D eigenvalue weighted by Crippen LogP contribution is -2.49. The van der Waals surface area contributed by atoms with Gasteiger partial charge in [0.2, 0.25) is 11.8 Å². The first kappa shape index (κ1) is 56.9. The number of aromatic nitrogens is 8. The van der Waals surface area contributed by atoms with Gasteiger partial charge in [-0.1, -0.05) is 59.6 Å². The molecule has 18 nitrogen and oxygen atoms in total. The Hall–Kier alpha value is -8.34. The van der Waals surface area contributed by atoms with Crippen molar-refractivity contribution in [2.75, 3.05) is 64.7 Å². The number of allylic oxidation sites excluding steroid dienone is 4. The number of fused-ring (bicyclic) bond motifs is 2. The molecule has 3 aromatic carbocycles. The van der Waals surface area contributed by atoms with Crippen LogP contribution in [0, 0.1) is 18.8 Å². The van der Waals surface area contributed by atoms with E-state index >= 15 is 0 Å². The summed E-state index contributed by atoms with van der Waals surface area (Å²) in [5.74, 6) is 7.92.